The molecule has 1 aliphatic heterocycles. The van der Waals surface area contributed by atoms with Gasteiger partial charge in [-0.2, -0.15) is 5.10 Å². The second kappa shape index (κ2) is 8.63. The molecule has 1 aromatic heterocycles. The zero-order valence-corrected chi connectivity index (χ0v) is 18.3. The fourth-order valence-electron chi connectivity index (χ4n) is 3.79. The average Bonchev–Trinajstić information content (AvgIpc) is 3.10. The number of hydrogen-bond acceptors (Lipinski definition) is 4. The molecule has 0 spiro atoms. The molecule has 2 heterocycles. The van der Waals surface area contributed by atoms with E-state index in [1.807, 2.05) is 39.0 Å². The Kier molecular flexibility index (Phi) is 5.92. The summed E-state index contributed by atoms with van der Waals surface area (Å²) in [5.74, 6) is -0.540. The number of rotatable bonds is 5. The first-order valence-corrected chi connectivity index (χ1v) is 10.6. The molecule has 0 saturated carbocycles. The van der Waals surface area contributed by atoms with Gasteiger partial charge in [0.15, 0.2) is 6.73 Å². The van der Waals surface area contributed by atoms with Gasteiger partial charge in [0.2, 0.25) is 0 Å². The molecule has 0 radical (unpaired) electrons. The van der Waals surface area contributed by atoms with Gasteiger partial charge in [0, 0.05) is 30.8 Å². The van der Waals surface area contributed by atoms with Gasteiger partial charge in [-0.3, -0.25) is 9.69 Å². The highest BCUT2D eigenvalue weighted by molar-refractivity contribution is 5.75. The van der Waals surface area contributed by atoms with E-state index in [9.17, 15) is 9.18 Å². The van der Waals surface area contributed by atoms with Crippen molar-refractivity contribution >= 4 is 5.97 Å². The molecular formula is C25H28FN3O2. The summed E-state index contributed by atoms with van der Waals surface area (Å²) < 4.78 is 20.8. The molecular weight excluding hydrogens is 393 g/mol. The molecule has 0 saturated heterocycles. The number of carbonyl (C=O) groups excluding carboxylic acids is 1. The first kappa shape index (κ1) is 21.2. The average molecular weight is 422 g/mol. The Hall–Kier alpha value is -2.99. The monoisotopic (exact) mass is 421 g/mol. The Morgan fingerprint density at radius 2 is 1.81 bits per heavy atom. The van der Waals surface area contributed by atoms with E-state index in [-0.39, 0.29) is 18.5 Å². The Morgan fingerprint density at radius 1 is 1.10 bits per heavy atom. The van der Waals surface area contributed by atoms with Crippen molar-refractivity contribution in [1.29, 1.82) is 0 Å². The van der Waals surface area contributed by atoms with Crippen molar-refractivity contribution in [2.75, 3.05) is 6.54 Å². The van der Waals surface area contributed by atoms with Crippen molar-refractivity contribution in [2.45, 2.75) is 47.0 Å². The minimum atomic E-state index is -0.577. The van der Waals surface area contributed by atoms with Crippen LogP contribution in [0.5, 0.6) is 0 Å². The summed E-state index contributed by atoms with van der Waals surface area (Å²) in [6.07, 6.45) is 0.835. The lowest BCUT2D eigenvalue weighted by Gasteiger charge is -2.28. The van der Waals surface area contributed by atoms with E-state index in [1.54, 1.807) is 16.8 Å². The highest BCUT2D eigenvalue weighted by Crippen LogP contribution is 2.31. The van der Waals surface area contributed by atoms with Crippen molar-refractivity contribution in [3.8, 4) is 11.3 Å². The van der Waals surface area contributed by atoms with E-state index >= 15 is 0 Å². The fourth-order valence-corrected chi connectivity index (χ4v) is 3.79. The van der Waals surface area contributed by atoms with Crippen LogP contribution in [0.25, 0.3) is 11.3 Å². The van der Waals surface area contributed by atoms with Crippen LogP contribution in [0.15, 0.2) is 54.6 Å². The van der Waals surface area contributed by atoms with Crippen LogP contribution >= 0.6 is 0 Å². The number of fused-ring (bicyclic) bond motifs is 1. The van der Waals surface area contributed by atoms with Crippen LogP contribution in [0, 0.1) is 11.2 Å². The lowest BCUT2D eigenvalue weighted by molar-refractivity contribution is -0.157. The molecule has 0 bridgehead atoms. The first-order chi connectivity index (χ1) is 14.8. The minimum Gasteiger partial charge on any atom is -0.442 e. The number of hydrogen-bond donors (Lipinski definition) is 0. The number of nitrogens with zero attached hydrogens (tertiary/aromatic N) is 3. The van der Waals surface area contributed by atoms with Gasteiger partial charge in [-0.15, -0.1) is 0 Å². The predicted molar refractivity (Wildman–Crippen MR) is 117 cm³/mol. The zero-order chi connectivity index (χ0) is 22.0. The molecule has 4 rings (SSSR count). The number of ether oxygens (including phenoxy) is 1. The van der Waals surface area contributed by atoms with E-state index in [1.165, 1.54) is 17.7 Å². The third-order valence-electron chi connectivity index (χ3n) is 5.51. The summed E-state index contributed by atoms with van der Waals surface area (Å²) in [4.78, 5) is 14.7. The lowest BCUT2D eigenvalue weighted by atomic mass is 9.97. The van der Waals surface area contributed by atoms with Crippen LogP contribution in [0.2, 0.25) is 0 Å². The van der Waals surface area contributed by atoms with E-state index < -0.39 is 5.41 Å². The van der Waals surface area contributed by atoms with Crippen LogP contribution in [-0.2, 0) is 35.8 Å². The smallest absolute Gasteiger partial charge is 0.313 e. The quantitative estimate of drug-likeness (QED) is 0.556. The predicted octanol–water partition coefficient (Wildman–Crippen LogP) is 4.79. The fraction of sp³-hybridized carbons (Fsp3) is 0.360. The maximum Gasteiger partial charge on any atom is 0.313 e. The highest BCUT2D eigenvalue weighted by Gasteiger charge is 2.28. The SMILES string of the molecule is CC(C)(C)C(=O)OCn1nc(-c2ccc(F)cc2)c2c1CN(Cc1ccccc1)CC2. The highest BCUT2D eigenvalue weighted by atomic mass is 19.1. The van der Waals surface area contributed by atoms with E-state index in [4.69, 9.17) is 9.84 Å². The Balaban J connectivity index is 1.62. The summed E-state index contributed by atoms with van der Waals surface area (Å²) in [5.41, 5.74) is 4.57. The van der Waals surface area contributed by atoms with E-state index in [0.717, 1.165) is 42.0 Å². The standard InChI is InChI=1S/C25H28FN3O2/c1-25(2,3)24(30)31-17-29-22-16-28(15-18-7-5-4-6-8-18)14-13-21(22)23(27-29)19-9-11-20(26)12-10-19/h4-12H,13-17H2,1-3H3. The first-order valence-electron chi connectivity index (χ1n) is 10.6. The second-order valence-corrected chi connectivity index (χ2v) is 9.04. The number of benzene rings is 2. The van der Waals surface area contributed by atoms with Gasteiger partial charge in [0.05, 0.1) is 16.8 Å². The molecule has 2 aromatic carbocycles. The van der Waals surface area contributed by atoms with Gasteiger partial charge in [-0.1, -0.05) is 30.3 Å². The topological polar surface area (TPSA) is 47.4 Å². The Labute approximate surface area is 182 Å². The normalized spacial score (nSPS) is 14.3. The summed E-state index contributed by atoms with van der Waals surface area (Å²) in [5, 5.41) is 4.78. The number of halogens is 1. The van der Waals surface area contributed by atoms with Crippen molar-refractivity contribution < 1.29 is 13.9 Å². The molecule has 0 aliphatic carbocycles. The van der Waals surface area contributed by atoms with Gasteiger partial charge in [-0.05, 0) is 57.0 Å². The molecule has 0 atom stereocenters. The van der Waals surface area contributed by atoms with Crippen molar-refractivity contribution in [3.63, 3.8) is 0 Å². The number of carbonyl (C=O) groups is 1. The summed E-state index contributed by atoms with van der Waals surface area (Å²) in [6, 6.07) is 16.8. The lowest BCUT2D eigenvalue weighted by Crippen LogP contribution is -2.32. The maximum absolute atomic E-state index is 13.4. The second-order valence-electron chi connectivity index (χ2n) is 9.04. The number of aromatic nitrogens is 2. The molecule has 0 unspecified atom stereocenters. The largest absolute Gasteiger partial charge is 0.442 e. The summed E-state index contributed by atoms with van der Waals surface area (Å²) in [6.45, 7) is 8.03. The van der Waals surface area contributed by atoms with Gasteiger partial charge >= 0.3 is 5.97 Å². The Bertz CT molecular complexity index is 1050. The molecule has 6 heteroatoms. The Morgan fingerprint density at radius 3 is 2.48 bits per heavy atom. The van der Waals surface area contributed by atoms with Crippen LogP contribution in [-0.4, -0.2) is 27.2 Å². The van der Waals surface area contributed by atoms with Crippen LogP contribution < -0.4 is 0 Å². The molecule has 1 aliphatic rings. The van der Waals surface area contributed by atoms with Gasteiger partial charge < -0.3 is 4.74 Å². The third-order valence-corrected chi connectivity index (χ3v) is 5.51. The van der Waals surface area contributed by atoms with Crippen molar-refractivity contribution in [2.24, 2.45) is 5.41 Å². The molecule has 0 N–H and O–H groups in total. The van der Waals surface area contributed by atoms with Crippen molar-refractivity contribution in [3.05, 3.63) is 77.2 Å². The van der Waals surface area contributed by atoms with Gasteiger partial charge in [0.25, 0.3) is 0 Å². The van der Waals surface area contributed by atoms with E-state index in [0.29, 0.717) is 6.54 Å². The van der Waals surface area contributed by atoms with Gasteiger partial charge in [-0.25, -0.2) is 9.07 Å². The summed E-state index contributed by atoms with van der Waals surface area (Å²) >= 11 is 0. The van der Waals surface area contributed by atoms with Crippen LogP contribution in [0.1, 0.15) is 37.6 Å². The zero-order valence-electron chi connectivity index (χ0n) is 18.3. The van der Waals surface area contributed by atoms with Crippen molar-refractivity contribution in [1.82, 2.24) is 14.7 Å². The van der Waals surface area contributed by atoms with Gasteiger partial charge in [0.1, 0.15) is 5.82 Å². The van der Waals surface area contributed by atoms with Crippen LogP contribution in [0.3, 0.4) is 0 Å². The third kappa shape index (κ3) is 4.85. The van der Waals surface area contributed by atoms with Crippen LogP contribution in [0.4, 0.5) is 4.39 Å². The molecule has 31 heavy (non-hydrogen) atoms. The molecule has 162 valence electrons. The molecule has 3 aromatic rings. The maximum atomic E-state index is 13.4. The van der Waals surface area contributed by atoms with E-state index in [2.05, 4.69) is 17.0 Å². The molecule has 0 amide bonds. The summed E-state index contributed by atoms with van der Waals surface area (Å²) in [7, 11) is 0. The molecule has 5 nitrogen and oxygen atoms in total. The minimum absolute atomic E-state index is 0.0683. The molecule has 0 fully saturated rings. The number of esters is 1.